The molecule has 2 aliphatic rings. The summed E-state index contributed by atoms with van der Waals surface area (Å²) in [7, 11) is 0. The molecule has 2 saturated heterocycles. The summed E-state index contributed by atoms with van der Waals surface area (Å²) < 4.78 is 2.04. The number of nitrogens with zero attached hydrogens (tertiary/aromatic N) is 6. The van der Waals surface area contributed by atoms with Gasteiger partial charge >= 0.3 is 0 Å². The van der Waals surface area contributed by atoms with Crippen LogP contribution in [0.1, 0.15) is 32.1 Å². The maximum absolute atomic E-state index is 4.40. The highest BCUT2D eigenvalue weighted by Crippen LogP contribution is 2.33. The van der Waals surface area contributed by atoms with Gasteiger partial charge in [-0.05, 0) is 75.7 Å². The van der Waals surface area contributed by atoms with Crippen LogP contribution in [-0.2, 0) is 6.54 Å². The number of aryl methyl sites for hydroxylation is 1. The van der Waals surface area contributed by atoms with E-state index in [0.29, 0.717) is 0 Å². The van der Waals surface area contributed by atoms with E-state index in [-0.39, 0.29) is 0 Å². The molecule has 0 bridgehead atoms. The van der Waals surface area contributed by atoms with Crippen LogP contribution in [-0.4, -0.2) is 57.4 Å². The average Bonchev–Trinajstić information content (AvgIpc) is 3.23. The normalized spacial score (nSPS) is 20.5. The van der Waals surface area contributed by atoms with Crippen molar-refractivity contribution in [3.8, 4) is 0 Å². The summed E-state index contributed by atoms with van der Waals surface area (Å²) in [5.41, 5.74) is 0. The molecule has 140 valence electrons. The molecule has 0 unspecified atom stereocenters. The summed E-state index contributed by atoms with van der Waals surface area (Å²) in [6.07, 6.45) is 14.1. The van der Waals surface area contributed by atoms with Gasteiger partial charge in [0, 0.05) is 44.4 Å². The van der Waals surface area contributed by atoms with E-state index in [9.17, 15) is 0 Å². The molecule has 2 aliphatic heterocycles. The SMILES string of the molecule is c1cnc(N2CCC(C3CCN(CCCn4cccn4)CC3)CC2)nc1. The van der Waals surface area contributed by atoms with E-state index in [2.05, 4.69) is 31.1 Å². The third kappa shape index (κ3) is 4.41. The van der Waals surface area contributed by atoms with Gasteiger partial charge in [0.05, 0.1) is 0 Å². The van der Waals surface area contributed by atoms with Crippen molar-refractivity contribution in [1.29, 1.82) is 0 Å². The number of likely N-dealkylation sites (tertiary alicyclic amines) is 1. The van der Waals surface area contributed by atoms with Crippen LogP contribution in [0.4, 0.5) is 5.95 Å². The fraction of sp³-hybridized carbons (Fsp3) is 0.650. The maximum Gasteiger partial charge on any atom is 0.225 e. The topological polar surface area (TPSA) is 50.1 Å². The lowest BCUT2D eigenvalue weighted by Crippen LogP contribution is -2.41. The predicted octanol–water partition coefficient (Wildman–Crippen LogP) is 2.69. The summed E-state index contributed by atoms with van der Waals surface area (Å²) in [4.78, 5) is 13.8. The molecule has 0 atom stereocenters. The van der Waals surface area contributed by atoms with Crippen molar-refractivity contribution in [2.45, 2.75) is 38.6 Å². The second-order valence-electron chi connectivity index (χ2n) is 7.68. The van der Waals surface area contributed by atoms with Gasteiger partial charge in [0.25, 0.3) is 0 Å². The van der Waals surface area contributed by atoms with Gasteiger partial charge < -0.3 is 9.80 Å². The van der Waals surface area contributed by atoms with Gasteiger partial charge in [-0.2, -0.15) is 5.10 Å². The molecule has 2 aromatic heterocycles. The van der Waals surface area contributed by atoms with Crippen LogP contribution in [0.5, 0.6) is 0 Å². The van der Waals surface area contributed by atoms with Crippen molar-refractivity contribution < 1.29 is 0 Å². The largest absolute Gasteiger partial charge is 0.341 e. The minimum absolute atomic E-state index is 0.890. The Kier molecular flexibility index (Phi) is 5.79. The minimum Gasteiger partial charge on any atom is -0.341 e. The van der Waals surface area contributed by atoms with Gasteiger partial charge in [-0.25, -0.2) is 9.97 Å². The Hall–Kier alpha value is -1.95. The number of anilines is 1. The highest BCUT2D eigenvalue weighted by Gasteiger charge is 2.29. The third-order valence-electron chi connectivity index (χ3n) is 6.09. The smallest absolute Gasteiger partial charge is 0.225 e. The number of hydrogen-bond acceptors (Lipinski definition) is 5. The van der Waals surface area contributed by atoms with Gasteiger partial charge in [0.2, 0.25) is 5.95 Å². The van der Waals surface area contributed by atoms with E-state index in [0.717, 1.165) is 37.4 Å². The summed E-state index contributed by atoms with van der Waals surface area (Å²) in [6, 6.07) is 3.89. The summed E-state index contributed by atoms with van der Waals surface area (Å²) in [5, 5.41) is 4.29. The second kappa shape index (κ2) is 8.62. The molecule has 0 aromatic carbocycles. The van der Waals surface area contributed by atoms with Crippen molar-refractivity contribution in [3.63, 3.8) is 0 Å². The van der Waals surface area contributed by atoms with E-state index >= 15 is 0 Å². The number of rotatable bonds is 6. The van der Waals surface area contributed by atoms with E-state index in [4.69, 9.17) is 0 Å². The van der Waals surface area contributed by atoms with Gasteiger partial charge in [0.15, 0.2) is 0 Å². The lowest BCUT2D eigenvalue weighted by Gasteiger charge is -2.40. The van der Waals surface area contributed by atoms with Gasteiger partial charge in [0.1, 0.15) is 0 Å². The van der Waals surface area contributed by atoms with Gasteiger partial charge in [-0.15, -0.1) is 0 Å². The number of hydrogen-bond donors (Lipinski definition) is 0. The van der Waals surface area contributed by atoms with E-state index in [1.807, 2.05) is 35.4 Å². The lowest BCUT2D eigenvalue weighted by molar-refractivity contribution is 0.131. The van der Waals surface area contributed by atoms with Crippen LogP contribution in [0.3, 0.4) is 0 Å². The molecule has 0 spiro atoms. The molecule has 0 N–H and O–H groups in total. The Morgan fingerprint density at radius 1 is 0.808 bits per heavy atom. The molecular weight excluding hydrogens is 324 g/mol. The van der Waals surface area contributed by atoms with Crippen LogP contribution < -0.4 is 4.90 Å². The predicted molar refractivity (Wildman–Crippen MR) is 103 cm³/mol. The number of piperidine rings is 2. The zero-order valence-corrected chi connectivity index (χ0v) is 15.6. The molecule has 6 heteroatoms. The molecule has 2 aromatic rings. The highest BCUT2D eigenvalue weighted by molar-refractivity contribution is 5.28. The molecule has 0 amide bonds. The molecule has 0 radical (unpaired) electrons. The second-order valence-corrected chi connectivity index (χ2v) is 7.68. The van der Waals surface area contributed by atoms with Crippen molar-refractivity contribution >= 4 is 5.95 Å². The standard InChI is InChI=1S/C20H30N6/c1-8-21-20(22-9-1)25-16-6-19(7-17-25)18-4-14-24(15-5-18)11-3-13-26-12-2-10-23-26/h1-2,8-10,12,18-19H,3-7,11,13-17H2. The van der Waals surface area contributed by atoms with E-state index in [1.54, 1.807) is 0 Å². The van der Waals surface area contributed by atoms with Crippen molar-refractivity contribution in [1.82, 2.24) is 24.6 Å². The zero-order chi connectivity index (χ0) is 17.6. The van der Waals surface area contributed by atoms with Crippen LogP contribution in [0.25, 0.3) is 0 Å². The van der Waals surface area contributed by atoms with E-state index < -0.39 is 0 Å². The fourth-order valence-corrected chi connectivity index (χ4v) is 4.56. The Morgan fingerprint density at radius 3 is 2.15 bits per heavy atom. The van der Waals surface area contributed by atoms with Crippen LogP contribution in [0, 0.1) is 11.8 Å². The lowest BCUT2D eigenvalue weighted by atomic mass is 9.79. The van der Waals surface area contributed by atoms with Crippen molar-refractivity contribution in [2.75, 3.05) is 37.6 Å². The molecule has 4 heterocycles. The summed E-state index contributed by atoms with van der Waals surface area (Å²) in [6.45, 7) is 7.00. The summed E-state index contributed by atoms with van der Waals surface area (Å²) in [5.74, 6) is 2.70. The van der Waals surface area contributed by atoms with Crippen LogP contribution in [0.2, 0.25) is 0 Å². The first-order valence-corrected chi connectivity index (χ1v) is 10.1. The first kappa shape index (κ1) is 17.5. The Labute approximate surface area is 156 Å². The van der Waals surface area contributed by atoms with Crippen LogP contribution in [0.15, 0.2) is 36.9 Å². The Balaban J connectivity index is 1.16. The molecule has 26 heavy (non-hydrogen) atoms. The minimum atomic E-state index is 0.890. The summed E-state index contributed by atoms with van der Waals surface area (Å²) >= 11 is 0. The van der Waals surface area contributed by atoms with Crippen LogP contribution >= 0.6 is 0 Å². The first-order chi connectivity index (χ1) is 12.9. The average molecular weight is 355 g/mol. The molecular formula is C20H30N6. The maximum atomic E-state index is 4.40. The Bertz CT molecular complexity index is 628. The molecule has 0 aliphatic carbocycles. The molecule has 4 rings (SSSR count). The first-order valence-electron chi connectivity index (χ1n) is 10.1. The molecule has 6 nitrogen and oxygen atoms in total. The zero-order valence-electron chi connectivity index (χ0n) is 15.6. The van der Waals surface area contributed by atoms with Crippen molar-refractivity contribution in [2.24, 2.45) is 11.8 Å². The molecule has 0 saturated carbocycles. The van der Waals surface area contributed by atoms with Gasteiger partial charge in [-0.1, -0.05) is 0 Å². The van der Waals surface area contributed by atoms with Crippen molar-refractivity contribution in [3.05, 3.63) is 36.9 Å². The fourth-order valence-electron chi connectivity index (χ4n) is 4.56. The highest BCUT2D eigenvalue weighted by atomic mass is 15.3. The number of aromatic nitrogens is 4. The van der Waals surface area contributed by atoms with Gasteiger partial charge in [-0.3, -0.25) is 4.68 Å². The molecule has 2 fully saturated rings. The quantitative estimate of drug-likeness (QED) is 0.798. The monoisotopic (exact) mass is 354 g/mol. The third-order valence-corrected chi connectivity index (χ3v) is 6.09. The van der Waals surface area contributed by atoms with E-state index in [1.165, 1.54) is 51.7 Å². The Morgan fingerprint density at radius 2 is 1.50 bits per heavy atom.